The highest BCUT2D eigenvalue weighted by Gasteiger charge is 2.46. The maximum Gasteiger partial charge on any atom is 0.310 e. The third kappa shape index (κ3) is 5.52. The first-order valence-corrected chi connectivity index (χ1v) is 12.2. The van der Waals surface area contributed by atoms with Gasteiger partial charge in [0.2, 0.25) is 0 Å². The molecule has 8 nitrogen and oxygen atoms in total. The van der Waals surface area contributed by atoms with Gasteiger partial charge in [-0.25, -0.2) is 9.97 Å². The van der Waals surface area contributed by atoms with Gasteiger partial charge in [0.15, 0.2) is 0 Å². The van der Waals surface area contributed by atoms with Crippen molar-refractivity contribution in [1.29, 1.82) is 0 Å². The molecule has 0 radical (unpaired) electrons. The van der Waals surface area contributed by atoms with Crippen LogP contribution in [0, 0.1) is 11.8 Å². The van der Waals surface area contributed by atoms with Gasteiger partial charge in [0, 0.05) is 24.5 Å². The van der Waals surface area contributed by atoms with Crippen LogP contribution in [-0.2, 0) is 21.7 Å². The number of aromatic nitrogens is 2. The topological polar surface area (TPSA) is 113 Å². The summed E-state index contributed by atoms with van der Waals surface area (Å²) in [5.74, 6) is 3.71. The molecule has 1 saturated carbocycles. The van der Waals surface area contributed by atoms with E-state index in [-0.39, 0.29) is 19.0 Å². The fraction of sp³-hybridized carbons (Fsp3) is 0.167. The van der Waals surface area contributed by atoms with Crippen molar-refractivity contribution in [3.63, 3.8) is 0 Å². The molecule has 0 bridgehead atoms. The molecule has 5 rings (SSSR count). The van der Waals surface area contributed by atoms with Crippen LogP contribution in [0.15, 0.2) is 85.5 Å². The van der Waals surface area contributed by atoms with Crippen LogP contribution in [0.5, 0.6) is 0 Å². The SMILES string of the molecule is O=C(NCC#Cc1cncnc1)C(=O)NCc1ccccc1C(=O)NC1(c2cccc3ccccc23)CC1. The van der Waals surface area contributed by atoms with E-state index in [1.54, 1.807) is 36.7 Å². The van der Waals surface area contributed by atoms with Gasteiger partial charge in [-0.1, -0.05) is 72.5 Å². The summed E-state index contributed by atoms with van der Waals surface area (Å²) in [6.45, 7) is 0.0283. The lowest BCUT2D eigenvalue weighted by atomic mass is 9.96. The van der Waals surface area contributed by atoms with E-state index in [0.717, 1.165) is 29.2 Å². The summed E-state index contributed by atoms with van der Waals surface area (Å²) in [6.07, 6.45) is 6.20. The average molecular weight is 504 g/mol. The van der Waals surface area contributed by atoms with Gasteiger partial charge >= 0.3 is 11.8 Å². The van der Waals surface area contributed by atoms with Crippen LogP contribution in [0.25, 0.3) is 10.8 Å². The third-order valence-electron chi connectivity index (χ3n) is 6.45. The Kier molecular flexibility index (Phi) is 7.09. The van der Waals surface area contributed by atoms with Crippen LogP contribution < -0.4 is 16.0 Å². The van der Waals surface area contributed by atoms with Crippen LogP contribution in [-0.4, -0.2) is 34.2 Å². The Morgan fingerprint density at radius 1 is 0.842 bits per heavy atom. The number of hydrogen-bond donors (Lipinski definition) is 3. The molecule has 1 aliphatic rings. The Morgan fingerprint density at radius 3 is 2.37 bits per heavy atom. The quantitative estimate of drug-likeness (QED) is 0.277. The van der Waals surface area contributed by atoms with E-state index < -0.39 is 17.4 Å². The van der Waals surface area contributed by atoms with Crippen molar-refractivity contribution in [2.24, 2.45) is 0 Å². The molecule has 0 unspecified atom stereocenters. The normalized spacial score (nSPS) is 13.1. The van der Waals surface area contributed by atoms with E-state index in [0.29, 0.717) is 16.7 Å². The summed E-state index contributed by atoms with van der Waals surface area (Å²) in [4.78, 5) is 45.6. The first kappa shape index (κ1) is 24.7. The van der Waals surface area contributed by atoms with Crippen molar-refractivity contribution in [3.05, 3.63) is 108 Å². The van der Waals surface area contributed by atoms with Gasteiger partial charge in [0.05, 0.1) is 17.6 Å². The number of rotatable bonds is 6. The summed E-state index contributed by atoms with van der Waals surface area (Å²) in [5, 5.41) is 10.5. The minimum atomic E-state index is -0.807. The van der Waals surface area contributed by atoms with Gasteiger partial charge < -0.3 is 16.0 Å². The second kappa shape index (κ2) is 10.9. The van der Waals surface area contributed by atoms with Crippen LogP contribution >= 0.6 is 0 Å². The molecule has 1 aromatic heterocycles. The van der Waals surface area contributed by atoms with Crippen LogP contribution in [0.1, 0.15) is 39.9 Å². The summed E-state index contributed by atoms with van der Waals surface area (Å²) in [5.41, 5.74) is 2.37. The zero-order valence-electron chi connectivity index (χ0n) is 20.5. The molecule has 4 aromatic rings. The summed E-state index contributed by atoms with van der Waals surface area (Å²) in [7, 11) is 0. The summed E-state index contributed by atoms with van der Waals surface area (Å²) < 4.78 is 0. The van der Waals surface area contributed by atoms with Crippen molar-refractivity contribution in [2.45, 2.75) is 24.9 Å². The van der Waals surface area contributed by atoms with Gasteiger partial charge in [-0.2, -0.15) is 0 Å². The zero-order chi connectivity index (χ0) is 26.4. The Labute approximate surface area is 219 Å². The lowest BCUT2D eigenvalue weighted by molar-refractivity contribution is -0.139. The molecule has 1 fully saturated rings. The molecule has 38 heavy (non-hydrogen) atoms. The van der Waals surface area contributed by atoms with Crippen molar-refractivity contribution in [2.75, 3.05) is 6.54 Å². The maximum atomic E-state index is 13.4. The number of benzene rings is 3. The number of nitrogens with zero attached hydrogens (tertiary/aromatic N) is 2. The third-order valence-corrected chi connectivity index (χ3v) is 6.45. The van der Waals surface area contributed by atoms with E-state index in [1.165, 1.54) is 6.33 Å². The molecule has 0 saturated heterocycles. The smallest absolute Gasteiger partial charge is 0.310 e. The van der Waals surface area contributed by atoms with Crippen molar-refractivity contribution < 1.29 is 14.4 Å². The second-order valence-corrected chi connectivity index (χ2v) is 9.01. The Hall–Kier alpha value is -5.03. The van der Waals surface area contributed by atoms with Gasteiger partial charge in [-0.3, -0.25) is 14.4 Å². The van der Waals surface area contributed by atoms with Gasteiger partial charge in [0.1, 0.15) is 6.33 Å². The first-order valence-electron chi connectivity index (χ1n) is 12.2. The molecule has 0 spiro atoms. The predicted octanol–water partition coefficient (Wildman–Crippen LogP) is 2.83. The monoisotopic (exact) mass is 503 g/mol. The number of hydrogen-bond acceptors (Lipinski definition) is 5. The van der Waals surface area contributed by atoms with Gasteiger partial charge in [-0.05, 0) is 40.8 Å². The average Bonchev–Trinajstić information content (AvgIpc) is 3.74. The number of fused-ring (bicyclic) bond motifs is 1. The van der Waals surface area contributed by atoms with E-state index in [9.17, 15) is 14.4 Å². The fourth-order valence-electron chi connectivity index (χ4n) is 4.38. The number of carbonyl (C=O) groups excluding carboxylic acids is 3. The minimum Gasteiger partial charge on any atom is -0.344 e. The van der Waals surface area contributed by atoms with Crippen molar-refractivity contribution in [3.8, 4) is 11.8 Å². The van der Waals surface area contributed by atoms with Gasteiger partial charge in [0.25, 0.3) is 5.91 Å². The Morgan fingerprint density at radius 2 is 1.55 bits per heavy atom. The lowest BCUT2D eigenvalue weighted by Crippen LogP contribution is -2.40. The largest absolute Gasteiger partial charge is 0.344 e. The molecule has 1 aliphatic carbocycles. The minimum absolute atomic E-state index is 0.00358. The first-order chi connectivity index (χ1) is 18.6. The van der Waals surface area contributed by atoms with Crippen molar-refractivity contribution >= 4 is 28.5 Å². The fourth-order valence-corrected chi connectivity index (χ4v) is 4.38. The molecule has 3 N–H and O–H groups in total. The van der Waals surface area contributed by atoms with Gasteiger partial charge in [-0.15, -0.1) is 0 Å². The number of carbonyl (C=O) groups is 3. The van der Waals surface area contributed by atoms with Crippen LogP contribution in [0.3, 0.4) is 0 Å². The summed E-state index contributed by atoms with van der Waals surface area (Å²) in [6, 6.07) is 21.3. The standard InChI is InChI=1S/C30H25N5O3/c36-27(35-30(14-15-30)26-13-5-10-22-8-1-3-11-24(22)26)25-12-4-2-9-23(25)19-34-29(38)28(37)33-16-6-7-21-17-31-20-32-18-21/h1-5,8-13,17-18,20H,14-16,19H2,(H,33,37)(H,34,38)(H,35,36). The molecule has 3 amide bonds. The van der Waals surface area contributed by atoms with Crippen LogP contribution in [0.2, 0.25) is 0 Å². The molecule has 8 heteroatoms. The highest BCUT2D eigenvalue weighted by molar-refractivity contribution is 6.35. The summed E-state index contributed by atoms with van der Waals surface area (Å²) >= 11 is 0. The lowest BCUT2D eigenvalue weighted by Gasteiger charge is -2.21. The van der Waals surface area contributed by atoms with E-state index in [4.69, 9.17) is 0 Å². The van der Waals surface area contributed by atoms with Crippen molar-refractivity contribution in [1.82, 2.24) is 25.9 Å². The van der Waals surface area contributed by atoms with E-state index >= 15 is 0 Å². The molecule has 0 aliphatic heterocycles. The molecule has 1 heterocycles. The number of amides is 3. The highest BCUT2D eigenvalue weighted by atomic mass is 16.2. The molecule has 0 atom stereocenters. The molecule has 3 aromatic carbocycles. The number of nitrogens with one attached hydrogen (secondary N) is 3. The molecular weight excluding hydrogens is 478 g/mol. The zero-order valence-corrected chi connectivity index (χ0v) is 20.5. The Bertz CT molecular complexity index is 1560. The van der Waals surface area contributed by atoms with E-state index in [2.05, 4.69) is 62.0 Å². The molecule has 188 valence electrons. The molecular formula is C30H25N5O3. The Balaban J connectivity index is 1.21. The predicted molar refractivity (Wildman–Crippen MR) is 143 cm³/mol. The second-order valence-electron chi connectivity index (χ2n) is 9.01. The van der Waals surface area contributed by atoms with E-state index in [1.807, 2.05) is 18.2 Å². The maximum absolute atomic E-state index is 13.4. The highest BCUT2D eigenvalue weighted by Crippen LogP contribution is 2.48. The van der Waals surface area contributed by atoms with Crippen LogP contribution in [0.4, 0.5) is 0 Å².